The molecule has 5 heteroatoms. The lowest BCUT2D eigenvalue weighted by Crippen LogP contribution is -2.34. The van der Waals surface area contributed by atoms with Crippen molar-refractivity contribution in [2.45, 2.75) is 6.42 Å². The summed E-state index contributed by atoms with van der Waals surface area (Å²) in [7, 11) is 1.51. The molecule has 0 aliphatic carbocycles. The fraction of sp³-hybridized carbons (Fsp3) is 0.429. The highest BCUT2D eigenvalue weighted by Gasteiger charge is 2.18. The summed E-state index contributed by atoms with van der Waals surface area (Å²) in [6.07, 6.45) is 0.951. The van der Waals surface area contributed by atoms with Crippen LogP contribution in [0, 0.1) is 11.3 Å². The summed E-state index contributed by atoms with van der Waals surface area (Å²) in [6, 6.07) is 7.02. The van der Waals surface area contributed by atoms with Crippen LogP contribution in [0.15, 0.2) is 18.2 Å². The molecule has 0 bridgehead atoms. The molecule has 0 unspecified atom stereocenters. The van der Waals surface area contributed by atoms with E-state index in [4.69, 9.17) is 10.00 Å². The van der Waals surface area contributed by atoms with E-state index in [9.17, 15) is 4.79 Å². The van der Waals surface area contributed by atoms with Crippen LogP contribution in [0.3, 0.4) is 0 Å². The molecule has 1 saturated heterocycles. The van der Waals surface area contributed by atoms with Gasteiger partial charge in [0.05, 0.1) is 12.7 Å². The van der Waals surface area contributed by atoms with Crippen LogP contribution in [0.1, 0.15) is 22.3 Å². The van der Waals surface area contributed by atoms with Crippen molar-refractivity contribution in [2.75, 3.05) is 33.3 Å². The number of amides is 1. The van der Waals surface area contributed by atoms with Crippen molar-refractivity contribution in [3.05, 3.63) is 29.3 Å². The molecule has 1 aliphatic rings. The third-order valence-electron chi connectivity index (χ3n) is 3.19. The number of carbonyl (C=O) groups excluding carboxylic acids is 1. The topological polar surface area (TPSA) is 65.4 Å². The van der Waals surface area contributed by atoms with E-state index < -0.39 is 0 Å². The van der Waals surface area contributed by atoms with Crippen LogP contribution in [0.2, 0.25) is 0 Å². The van der Waals surface area contributed by atoms with Gasteiger partial charge in [0.25, 0.3) is 5.91 Å². The van der Waals surface area contributed by atoms with Crippen LogP contribution in [-0.4, -0.2) is 44.1 Å². The van der Waals surface area contributed by atoms with Gasteiger partial charge in [-0.1, -0.05) is 0 Å². The molecule has 1 heterocycles. The van der Waals surface area contributed by atoms with Crippen LogP contribution in [0.25, 0.3) is 0 Å². The number of rotatable bonds is 2. The molecular weight excluding hydrogens is 242 g/mol. The molecule has 0 saturated carbocycles. The first-order valence-electron chi connectivity index (χ1n) is 6.34. The smallest absolute Gasteiger partial charge is 0.253 e. The van der Waals surface area contributed by atoms with Gasteiger partial charge in [-0.15, -0.1) is 0 Å². The van der Waals surface area contributed by atoms with E-state index in [-0.39, 0.29) is 5.91 Å². The second-order valence-electron chi connectivity index (χ2n) is 4.42. The maximum Gasteiger partial charge on any atom is 0.253 e. The van der Waals surface area contributed by atoms with Crippen LogP contribution in [0.5, 0.6) is 5.75 Å². The maximum absolute atomic E-state index is 12.4. The minimum Gasteiger partial charge on any atom is -0.495 e. The minimum atomic E-state index is -0.0251. The third kappa shape index (κ3) is 3.04. The Balaban J connectivity index is 2.21. The zero-order valence-corrected chi connectivity index (χ0v) is 11.0. The van der Waals surface area contributed by atoms with E-state index in [2.05, 4.69) is 5.32 Å². The fourth-order valence-electron chi connectivity index (χ4n) is 2.16. The predicted octanol–water partition coefficient (Wildman–Crippen LogP) is 1.00. The van der Waals surface area contributed by atoms with E-state index >= 15 is 0 Å². The van der Waals surface area contributed by atoms with Gasteiger partial charge in [-0.25, -0.2) is 0 Å². The number of hydrogen-bond donors (Lipinski definition) is 1. The summed E-state index contributed by atoms with van der Waals surface area (Å²) >= 11 is 0. The Bertz CT molecular complexity index is 500. The number of benzene rings is 1. The highest BCUT2D eigenvalue weighted by atomic mass is 16.5. The van der Waals surface area contributed by atoms with Crippen molar-refractivity contribution in [1.29, 1.82) is 5.26 Å². The lowest BCUT2D eigenvalue weighted by atomic mass is 10.1. The van der Waals surface area contributed by atoms with E-state index in [0.29, 0.717) is 23.4 Å². The Morgan fingerprint density at radius 3 is 3.00 bits per heavy atom. The summed E-state index contributed by atoms with van der Waals surface area (Å²) in [4.78, 5) is 14.2. The molecule has 0 atom stereocenters. The van der Waals surface area contributed by atoms with Gasteiger partial charge in [0.2, 0.25) is 0 Å². The quantitative estimate of drug-likeness (QED) is 0.860. The van der Waals surface area contributed by atoms with Gasteiger partial charge in [0, 0.05) is 25.2 Å². The van der Waals surface area contributed by atoms with Crippen molar-refractivity contribution >= 4 is 5.91 Å². The van der Waals surface area contributed by atoms with E-state index in [1.807, 2.05) is 11.0 Å². The molecule has 1 fully saturated rings. The summed E-state index contributed by atoms with van der Waals surface area (Å²) < 4.78 is 5.08. The number of nitriles is 1. The Hall–Kier alpha value is -2.06. The predicted molar refractivity (Wildman–Crippen MR) is 71.1 cm³/mol. The van der Waals surface area contributed by atoms with Crippen molar-refractivity contribution in [3.8, 4) is 11.8 Å². The highest BCUT2D eigenvalue weighted by Crippen LogP contribution is 2.20. The number of ether oxygens (including phenoxy) is 1. The van der Waals surface area contributed by atoms with Crippen LogP contribution in [0.4, 0.5) is 0 Å². The summed E-state index contributed by atoms with van der Waals surface area (Å²) in [6.45, 7) is 3.20. The fourth-order valence-corrected chi connectivity index (χ4v) is 2.16. The summed E-state index contributed by atoms with van der Waals surface area (Å²) in [5.74, 6) is 0.472. The van der Waals surface area contributed by atoms with Crippen LogP contribution in [-0.2, 0) is 0 Å². The van der Waals surface area contributed by atoms with E-state index in [1.165, 1.54) is 7.11 Å². The maximum atomic E-state index is 12.4. The number of nitrogens with one attached hydrogen (secondary N) is 1. The van der Waals surface area contributed by atoms with Crippen LogP contribution >= 0.6 is 0 Å². The van der Waals surface area contributed by atoms with Crippen molar-refractivity contribution in [3.63, 3.8) is 0 Å². The Morgan fingerprint density at radius 2 is 2.26 bits per heavy atom. The molecule has 1 aromatic rings. The second-order valence-corrected chi connectivity index (χ2v) is 4.42. The normalized spacial score (nSPS) is 15.5. The molecule has 0 aromatic heterocycles. The molecular formula is C14H17N3O2. The molecule has 2 rings (SSSR count). The molecule has 1 aromatic carbocycles. The van der Waals surface area contributed by atoms with Gasteiger partial charge < -0.3 is 15.0 Å². The number of hydrogen-bond acceptors (Lipinski definition) is 4. The van der Waals surface area contributed by atoms with Gasteiger partial charge >= 0.3 is 0 Å². The largest absolute Gasteiger partial charge is 0.495 e. The van der Waals surface area contributed by atoms with E-state index in [0.717, 1.165) is 26.1 Å². The average molecular weight is 259 g/mol. The third-order valence-corrected chi connectivity index (χ3v) is 3.19. The number of carbonyl (C=O) groups is 1. The SMILES string of the molecule is COc1ccc(C(=O)N2CCCNCC2)cc1C#N. The Labute approximate surface area is 112 Å². The van der Waals surface area contributed by atoms with Crippen molar-refractivity contribution in [2.24, 2.45) is 0 Å². The standard InChI is InChI=1S/C14H17N3O2/c1-19-13-4-3-11(9-12(13)10-15)14(18)17-7-2-5-16-6-8-17/h3-4,9,16H,2,5-8H2,1H3. The first-order chi connectivity index (χ1) is 9.26. The van der Waals surface area contributed by atoms with Gasteiger partial charge in [-0.2, -0.15) is 5.26 Å². The minimum absolute atomic E-state index is 0.0251. The van der Waals surface area contributed by atoms with Gasteiger partial charge in [-0.05, 0) is 31.2 Å². The molecule has 0 spiro atoms. The molecule has 1 aliphatic heterocycles. The van der Waals surface area contributed by atoms with Crippen molar-refractivity contribution in [1.82, 2.24) is 10.2 Å². The summed E-state index contributed by atoms with van der Waals surface area (Å²) in [5, 5.41) is 12.3. The van der Waals surface area contributed by atoms with Crippen molar-refractivity contribution < 1.29 is 9.53 Å². The van der Waals surface area contributed by atoms with Crippen LogP contribution < -0.4 is 10.1 Å². The Kier molecular flexibility index (Phi) is 4.37. The van der Waals surface area contributed by atoms with E-state index in [1.54, 1.807) is 18.2 Å². The zero-order valence-electron chi connectivity index (χ0n) is 11.0. The lowest BCUT2D eigenvalue weighted by molar-refractivity contribution is 0.0766. The number of nitrogens with zero attached hydrogens (tertiary/aromatic N) is 2. The summed E-state index contributed by atoms with van der Waals surface area (Å²) in [5.41, 5.74) is 0.931. The Morgan fingerprint density at radius 1 is 1.42 bits per heavy atom. The lowest BCUT2D eigenvalue weighted by Gasteiger charge is -2.20. The number of methoxy groups -OCH3 is 1. The highest BCUT2D eigenvalue weighted by molar-refractivity contribution is 5.94. The second kappa shape index (κ2) is 6.21. The van der Waals surface area contributed by atoms with Gasteiger partial charge in [0.1, 0.15) is 11.8 Å². The van der Waals surface area contributed by atoms with Gasteiger partial charge in [0.15, 0.2) is 0 Å². The monoisotopic (exact) mass is 259 g/mol. The first-order valence-corrected chi connectivity index (χ1v) is 6.34. The van der Waals surface area contributed by atoms with Gasteiger partial charge in [-0.3, -0.25) is 4.79 Å². The zero-order chi connectivity index (χ0) is 13.7. The average Bonchev–Trinajstić information content (AvgIpc) is 2.74. The molecule has 100 valence electrons. The first kappa shape index (κ1) is 13.4. The molecule has 5 nitrogen and oxygen atoms in total. The molecule has 1 N–H and O–H groups in total. The molecule has 19 heavy (non-hydrogen) atoms. The molecule has 0 radical (unpaired) electrons. The molecule has 1 amide bonds.